The van der Waals surface area contributed by atoms with Crippen LogP contribution >= 0.6 is 0 Å². The van der Waals surface area contributed by atoms with E-state index in [1.165, 1.54) is 0 Å². The van der Waals surface area contributed by atoms with Crippen LogP contribution in [0.3, 0.4) is 0 Å². The fourth-order valence-electron chi connectivity index (χ4n) is 1.51. The van der Waals surface area contributed by atoms with Gasteiger partial charge in [-0.1, -0.05) is 0 Å². The number of rotatable bonds is 8. The van der Waals surface area contributed by atoms with Gasteiger partial charge in [0.1, 0.15) is 0 Å². The van der Waals surface area contributed by atoms with Crippen molar-refractivity contribution in [1.29, 1.82) is 0 Å². The molecule has 0 saturated heterocycles. The van der Waals surface area contributed by atoms with Crippen LogP contribution in [0.5, 0.6) is 0 Å². The second-order valence-corrected chi connectivity index (χ2v) is 11.1. The van der Waals surface area contributed by atoms with Crippen LogP contribution in [-0.4, -0.2) is 70.5 Å². The Balaban J connectivity index is 5.29. The molecule has 17 heavy (non-hydrogen) atoms. The fourth-order valence-corrected chi connectivity index (χ4v) is 8.50. The Bertz CT molecular complexity index is 235. The first kappa shape index (κ1) is 17.2. The lowest BCUT2D eigenvalue weighted by Gasteiger charge is -2.28. The van der Waals surface area contributed by atoms with E-state index in [1.54, 1.807) is 42.7 Å². The quantitative estimate of drug-likeness (QED) is 0.540. The summed E-state index contributed by atoms with van der Waals surface area (Å²) >= 11 is 0. The highest BCUT2D eigenvalue weighted by Crippen LogP contribution is 2.19. The molecule has 0 aromatic heterocycles. The number of hydrogen-bond acceptors (Lipinski definition) is 6. The van der Waals surface area contributed by atoms with Gasteiger partial charge in [-0.15, -0.1) is 0 Å². The lowest BCUT2D eigenvalue weighted by Crippen LogP contribution is -2.49. The molecule has 6 nitrogen and oxygen atoms in total. The third kappa shape index (κ3) is 3.81. The van der Waals surface area contributed by atoms with E-state index in [1.807, 2.05) is 5.70 Å². The van der Waals surface area contributed by atoms with Gasteiger partial charge in [0.05, 0.1) is 0 Å². The van der Waals surface area contributed by atoms with Crippen LogP contribution in [0, 0.1) is 0 Å². The lowest BCUT2D eigenvalue weighted by atomic mass is 11.2. The van der Waals surface area contributed by atoms with Crippen molar-refractivity contribution in [1.82, 2.24) is 0 Å². The second-order valence-electron chi connectivity index (χ2n) is 3.21. The SMILES string of the molecule is CO[Si](C=C([SiH3])[Si](OC)(OC)OC)(OC)OC. The lowest BCUT2D eigenvalue weighted by molar-refractivity contribution is 0.131. The predicted octanol–water partition coefficient (Wildman–Crippen LogP) is -0.930. The van der Waals surface area contributed by atoms with E-state index in [9.17, 15) is 0 Å². The molecule has 102 valence electrons. The smallest absolute Gasteiger partial charge is 0.374 e. The molecule has 0 saturated carbocycles. The van der Waals surface area contributed by atoms with Gasteiger partial charge in [-0.05, 0) is 10.5 Å². The summed E-state index contributed by atoms with van der Waals surface area (Å²) in [6.45, 7) is 0. The maximum Gasteiger partial charge on any atom is 0.528 e. The van der Waals surface area contributed by atoms with Crippen molar-refractivity contribution in [3.05, 3.63) is 10.5 Å². The maximum atomic E-state index is 5.39. The standard InChI is InChI=1S/C8H22O6Si3/c1-9-16(10-2,11-3)7-8(15)17(12-4,13-5)14-6/h7H,1-6,15H3. The highest BCUT2D eigenvalue weighted by Gasteiger charge is 2.45. The van der Waals surface area contributed by atoms with E-state index in [0.29, 0.717) is 10.2 Å². The van der Waals surface area contributed by atoms with Crippen molar-refractivity contribution in [3.63, 3.8) is 0 Å². The molecule has 0 atom stereocenters. The molecule has 0 unspecified atom stereocenters. The average molecular weight is 299 g/mol. The van der Waals surface area contributed by atoms with Gasteiger partial charge >= 0.3 is 17.6 Å². The highest BCUT2D eigenvalue weighted by molar-refractivity contribution is 6.81. The molecule has 0 rings (SSSR count). The van der Waals surface area contributed by atoms with E-state index < -0.39 is 17.6 Å². The molecular weight excluding hydrogens is 276 g/mol. The summed E-state index contributed by atoms with van der Waals surface area (Å²) in [4.78, 5) is 0.933. The Hall–Kier alpha value is 0.151. The van der Waals surface area contributed by atoms with Gasteiger partial charge in [-0.25, -0.2) is 0 Å². The molecule has 0 spiro atoms. The van der Waals surface area contributed by atoms with Gasteiger partial charge in [-0.3, -0.25) is 0 Å². The van der Waals surface area contributed by atoms with Crippen LogP contribution in [0.1, 0.15) is 0 Å². The van der Waals surface area contributed by atoms with Crippen LogP contribution in [0.25, 0.3) is 0 Å². The summed E-state index contributed by atoms with van der Waals surface area (Å²) in [7, 11) is 4.56. The third-order valence-electron chi connectivity index (χ3n) is 2.54. The molecule has 0 radical (unpaired) electrons. The minimum absolute atomic E-state index is 0.712. The van der Waals surface area contributed by atoms with E-state index >= 15 is 0 Å². The fraction of sp³-hybridized carbons (Fsp3) is 0.750. The molecular formula is C8H22O6Si3. The minimum Gasteiger partial charge on any atom is -0.374 e. The Morgan fingerprint density at radius 1 is 0.765 bits per heavy atom. The monoisotopic (exact) mass is 298 g/mol. The first-order valence-corrected chi connectivity index (χ1v) is 9.53. The summed E-state index contributed by atoms with van der Waals surface area (Å²) in [5, 5.41) is 0. The summed E-state index contributed by atoms with van der Waals surface area (Å²) in [6, 6.07) is 0. The van der Waals surface area contributed by atoms with Crippen LogP contribution < -0.4 is 0 Å². The molecule has 0 aliphatic heterocycles. The molecule has 0 aliphatic carbocycles. The molecule has 0 fully saturated rings. The maximum absolute atomic E-state index is 5.39. The van der Waals surface area contributed by atoms with Gasteiger partial charge in [0.25, 0.3) is 0 Å². The zero-order valence-electron chi connectivity index (χ0n) is 11.5. The highest BCUT2D eigenvalue weighted by atomic mass is 28.4. The molecule has 0 aromatic carbocycles. The van der Waals surface area contributed by atoms with E-state index in [-0.39, 0.29) is 0 Å². The van der Waals surface area contributed by atoms with Crippen LogP contribution in [0.4, 0.5) is 0 Å². The van der Waals surface area contributed by atoms with Crippen molar-refractivity contribution in [3.8, 4) is 0 Å². The van der Waals surface area contributed by atoms with Crippen molar-refractivity contribution in [2.45, 2.75) is 0 Å². The third-order valence-corrected chi connectivity index (χ3v) is 10.7. The summed E-state index contributed by atoms with van der Waals surface area (Å²) in [6.07, 6.45) is 0. The van der Waals surface area contributed by atoms with E-state index in [4.69, 9.17) is 26.6 Å². The summed E-state index contributed by atoms with van der Waals surface area (Å²) < 4.78 is 32.2. The van der Waals surface area contributed by atoms with Gasteiger partial charge < -0.3 is 26.6 Å². The Kier molecular flexibility index (Phi) is 7.62. The van der Waals surface area contributed by atoms with E-state index in [0.717, 1.165) is 4.82 Å². The Labute approximate surface area is 108 Å². The van der Waals surface area contributed by atoms with Crippen LogP contribution in [-0.2, 0) is 26.6 Å². The molecule has 0 amide bonds. The summed E-state index contributed by atoms with van der Waals surface area (Å²) in [5.41, 5.74) is 1.84. The Morgan fingerprint density at radius 2 is 1.12 bits per heavy atom. The van der Waals surface area contributed by atoms with Crippen molar-refractivity contribution in [2.75, 3.05) is 42.7 Å². The minimum atomic E-state index is -2.77. The second kappa shape index (κ2) is 7.56. The van der Waals surface area contributed by atoms with Crippen molar-refractivity contribution >= 4 is 27.9 Å². The van der Waals surface area contributed by atoms with Gasteiger partial charge in [0.15, 0.2) is 0 Å². The number of hydrogen-bond donors (Lipinski definition) is 0. The average Bonchev–Trinajstić information content (AvgIpc) is 2.39. The zero-order valence-corrected chi connectivity index (χ0v) is 15.5. The largest absolute Gasteiger partial charge is 0.528 e. The zero-order chi connectivity index (χ0) is 13.5. The molecule has 0 aliphatic rings. The molecule has 0 heterocycles. The molecule has 0 aromatic rings. The topological polar surface area (TPSA) is 55.4 Å². The molecule has 0 bridgehead atoms. The van der Waals surface area contributed by atoms with Crippen LogP contribution in [0.2, 0.25) is 0 Å². The van der Waals surface area contributed by atoms with Crippen molar-refractivity contribution < 1.29 is 26.6 Å². The van der Waals surface area contributed by atoms with Gasteiger partial charge in [0.2, 0.25) is 0 Å². The van der Waals surface area contributed by atoms with E-state index in [2.05, 4.69) is 0 Å². The van der Waals surface area contributed by atoms with Gasteiger partial charge in [0, 0.05) is 52.9 Å². The first-order chi connectivity index (χ1) is 7.99. The predicted molar refractivity (Wildman–Crippen MR) is 71.6 cm³/mol. The first-order valence-electron chi connectivity index (χ1n) is 5.00. The summed E-state index contributed by atoms with van der Waals surface area (Å²) in [5.74, 6) is 0. The Morgan fingerprint density at radius 3 is 1.35 bits per heavy atom. The molecule has 9 heteroatoms. The van der Waals surface area contributed by atoms with Gasteiger partial charge in [-0.2, -0.15) is 0 Å². The van der Waals surface area contributed by atoms with Crippen LogP contribution in [0.15, 0.2) is 10.5 Å². The normalized spacial score (nSPS) is 14.4. The molecule has 0 N–H and O–H groups in total. The van der Waals surface area contributed by atoms with Crippen molar-refractivity contribution in [2.24, 2.45) is 0 Å².